The minimum Gasteiger partial charge on any atom is -0.496 e. The highest BCUT2D eigenvalue weighted by molar-refractivity contribution is 9.10. The van der Waals surface area contributed by atoms with E-state index < -0.39 is 0 Å². The molecule has 2 nitrogen and oxygen atoms in total. The molecule has 1 saturated carbocycles. The number of Topliss-reactive ketones (excluding diaryl/α,β-unsaturated/α-hetero) is 1. The van der Waals surface area contributed by atoms with Crippen LogP contribution in [0, 0.1) is 5.92 Å². The Morgan fingerprint density at radius 2 is 2.25 bits per heavy atom. The van der Waals surface area contributed by atoms with E-state index in [-0.39, 0.29) is 0 Å². The number of halogens is 1. The summed E-state index contributed by atoms with van der Waals surface area (Å²) >= 11 is 3.42. The van der Waals surface area contributed by atoms with E-state index in [4.69, 9.17) is 4.74 Å². The summed E-state index contributed by atoms with van der Waals surface area (Å²) in [6, 6.07) is 5.79. The number of ketones is 1. The minimum absolute atomic E-state index is 0.295. The lowest BCUT2D eigenvalue weighted by Crippen LogP contribution is -2.23. The van der Waals surface area contributed by atoms with Crippen molar-refractivity contribution in [2.75, 3.05) is 7.11 Å². The summed E-state index contributed by atoms with van der Waals surface area (Å²) < 4.78 is 6.25. The SMILES string of the molecule is COc1ccc(Br)cc1CC(=O)C1CCC1. The Bertz CT molecular complexity index is 397. The first-order valence-electron chi connectivity index (χ1n) is 5.56. The molecule has 0 bridgehead atoms. The second kappa shape index (κ2) is 5.00. The third kappa shape index (κ3) is 2.46. The third-order valence-electron chi connectivity index (χ3n) is 3.17. The van der Waals surface area contributed by atoms with Gasteiger partial charge in [-0.1, -0.05) is 22.4 Å². The number of hydrogen-bond acceptors (Lipinski definition) is 2. The number of methoxy groups -OCH3 is 1. The topological polar surface area (TPSA) is 26.3 Å². The highest BCUT2D eigenvalue weighted by Gasteiger charge is 2.25. The summed E-state index contributed by atoms with van der Waals surface area (Å²) in [5.74, 6) is 1.45. The summed E-state index contributed by atoms with van der Waals surface area (Å²) in [4.78, 5) is 11.9. The Morgan fingerprint density at radius 1 is 1.50 bits per heavy atom. The van der Waals surface area contributed by atoms with Crippen molar-refractivity contribution < 1.29 is 9.53 Å². The average Bonchev–Trinajstić information content (AvgIpc) is 2.15. The molecule has 1 aromatic rings. The van der Waals surface area contributed by atoms with Crippen LogP contribution in [-0.4, -0.2) is 12.9 Å². The summed E-state index contributed by atoms with van der Waals surface area (Å²) in [6.07, 6.45) is 3.82. The molecule has 1 aliphatic rings. The lowest BCUT2D eigenvalue weighted by molar-refractivity contribution is -0.124. The van der Waals surface area contributed by atoms with Gasteiger partial charge in [-0.25, -0.2) is 0 Å². The van der Waals surface area contributed by atoms with E-state index in [2.05, 4.69) is 15.9 Å². The molecule has 0 aromatic heterocycles. The van der Waals surface area contributed by atoms with Gasteiger partial charge in [-0.05, 0) is 31.0 Å². The van der Waals surface area contributed by atoms with Gasteiger partial charge in [0.15, 0.2) is 0 Å². The van der Waals surface area contributed by atoms with E-state index in [1.165, 1.54) is 6.42 Å². The summed E-state index contributed by atoms with van der Waals surface area (Å²) in [5, 5.41) is 0. The zero-order valence-corrected chi connectivity index (χ0v) is 10.9. The van der Waals surface area contributed by atoms with Gasteiger partial charge in [-0.2, -0.15) is 0 Å². The van der Waals surface area contributed by atoms with E-state index in [1.807, 2.05) is 18.2 Å². The van der Waals surface area contributed by atoms with Crippen LogP contribution in [0.5, 0.6) is 5.75 Å². The molecular formula is C13H15BrO2. The van der Waals surface area contributed by atoms with Crippen LogP contribution in [0.25, 0.3) is 0 Å². The molecule has 2 rings (SSSR count). The molecular weight excluding hydrogens is 268 g/mol. The maximum atomic E-state index is 11.9. The molecule has 3 heteroatoms. The summed E-state index contributed by atoms with van der Waals surface area (Å²) in [5.41, 5.74) is 0.980. The molecule has 0 aliphatic heterocycles. The van der Waals surface area contributed by atoms with E-state index in [0.717, 1.165) is 28.6 Å². The molecule has 0 radical (unpaired) electrons. The van der Waals surface area contributed by atoms with Crippen molar-refractivity contribution >= 4 is 21.7 Å². The molecule has 1 aromatic carbocycles. The smallest absolute Gasteiger partial charge is 0.140 e. The molecule has 1 aliphatic carbocycles. The van der Waals surface area contributed by atoms with E-state index in [1.54, 1.807) is 7.11 Å². The fourth-order valence-corrected chi connectivity index (χ4v) is 2.36. The first-order chi connectivity index (χ1) is 7.70. The maximum absolute atomic E-state index is 11.9. The van der Waals surface area contributed by atoms with Crippen LogP contribution in [0.3, 0.4) is 0 Å². The van der Waals surface area contributed by atoms with Crippen LogP contribution < -0.4 is 4.74 Å². The summed E-state index contributed by atoms with van der Waals surface area (Å²) in [6.45, 7) is 0. The van der Waals surface area contributed by atoms with Gasteiger partial charge in [-0.3, -0.25) is 4.79 Å². The second-order valence-corrected chi connectivity index (χ2v) is 5.14. The van der Waals surface area contributed by atoms with Gasteiger partial charge >= 0.3 is 0 Å². The van der Waals surface area contributed by atoms with Crippen LogP contribution in [0.2, 0.25) is 0 Å². The van der Waals surface area contributed by atoms with E-state index in [9.17, 15) is 4.79 Å². The van der Waals surface area contributed by atoms with Gasteiger partial charge in [0.05, 0.1) is 7.11 Å². The molecule has 86 valence electrons. The number of carbonyl (C=O) groups is 1. The predicted octanol–water partition coefficient (Wildman–Crippen LogP) is 3.37. The van der Waals surface area contributed by atoms with Gasteiger partial charge in [0.1, 0.15) is 11.5 Å². The third-order valence-corrected chi connectivity index (χ3v) is 3.66. The van der Waals surface area contributed by atoms with Crippen molar-refractivity contribution in [3.05, 3.63) is 28.2 Å². The molecule has 0 saturated heterocycles. The Kier molecular flexibility index (Phi) is 3.64. The van der Waals surface area contributed by atoms with Gasteiger partial charge in [-0.15, -0.1) is 0 Å². The van der Waals surface area contributed by atoms with Crippen molar-refractivity contribution in [1.82, 2.24) is 0 Å². The Labute approximate surface area is 104 Å². The second-order valence-electron chi connectivity index (χ2n) is 4.23. The van der Waals surface area contributed by atoms with Crippen molar-refractivity contribution in [2.45, 2.75) is 25.7 Å². The van der Waals surface area contributed by atoms with Gasteiger partial charge < -0.3 is 4.74 Å². The van der Waals surface area contributed by atoms with Gasteiger partial charge in [0, 0.05) is 22.4 Å². The zero-order chi connectivity index (χ0) is 11.5. The normalized spacial score (nSPS) is 15.6. The zero-order valence-electron chi connectivity index (χ0n) is 9.33. The lowest BCUT2D eigenvalue weighted by Gasteiger charge is -2.24. The number of benzene rings is 1. The standard InChI is InChI=1S/C13H15BrO2/c1-16-13-6-5-11(14)7-10(13)8-12(15)9-3-2-4-9/h5-7,9H,2-4,8H2,1H3. The molecule has 0 amide bonds. The number of hydrogen-bond donors (Lipinski definition) is 0. The largest absolute Gasteiger partial charge is 0.496 e. The molecule has 16 heavy (non-hydrogen) atoms. The minimum atomic E-state index is 0.295. The monoisotopic (exact) mass is 282 g/mol. The molecule has 0 N–H and O–H groups in total. The quantitative estimate of drug-likeness (QED) is 0.846. The first-order valence-corrected chi connectivity index (χ1v) is 6.35. The van der Waals surface area contributed by atoms with Gasteiger partial charge in [0.2, 0.25) is 0 Å². The lowest BCUT2D eigenvalue weighted by atomic mass is 9.80. The van der Waals surface area contributed by atoms with E-state index >= 15 is 0 Å². The number of ether oxygens (including phenoxy) is 1. The summed E-state index contributed by atoms with van der Waals surface area (Å²) in [7, 11) is 1.64. The highest BCUT2D eigenvalue weighted by Crippen LogP contribution is 2.30. The number of carbonyl (C=O) groups excluding carboxylic acids is 1. The molecule has 0 heterocycles. The molecule has 0 atom stereocenters. The Balaban J connectivity index is 2.12. The molecule has 0 unspecified atom stereocenters. The van der Waals surface area contributed by atoms with Gasteiger partial charge in [0.25, 0.3) is 0 Å². The Morgan fingerprint density at radius 3 is 2.81 bits per heavy atom. The van der Waals surface area contributed by atoms with Crippen LogP contribution in [0.1, 0.15) is 24.8 Å². The average molecular weight is 283 g/mol. The van der Waals surface area contributed by atoms with E-state index in [0.29, 0.717) is 18.1 Å². The fourth-order valence-electron chi connectivity index (χ4n) is 1.95. The Hall–Kier alpha value is -0.830. The maximum Gasteiger partial charge on any atom is 0.140 e. The van der Waals surface area contributed by atoms with Crippen LogP contribution in [0.4, 0.5) is 0 Å². The first kappa shape index (κ1) is 11.6. The van der Waals surface area contributed by atoms with Crippen molar-refractivity contribution in [2.24, 2.45) is 5.92 Å². The fraction of sp³-hybridized carbons (Fsp3) is 0.462. The number of rotatable bonds is 4. The predicted molar refractivity (Wildman–Crippen MR) is 66.7 cm³/mol. The van der Waals surface area contributed by atoms with Crippen molar-refractivity contribution in [3.8, 4) is 5.75 Å². The molecule has 1 fully saturated rings. The van der Waals surface area contributed by atoms with Crippen molar-refractivity contribution in [1.29, 1.82) is 0 Å². The van der Waals surface area contributed by atoms with Crippen LogP contribution >= 0.6 is 15.9 Å². The van der Waals surface area contributed by atoms with Crippen molar-refractivity contribution in [3.63, 3.8) is 0 Å². The van der Waals surface area contributed by atoms with Crippen LogP contribution in [0.15, 0.2) is 22.7 Å². The molecule has 0 spiro atoms. The van der Waals surface area contributed by atoms with Crippen LogP contribution in [-0.2, 0) is 11.2 Å². The highest BCUT2D eigenvalue weighted by atomic mass is 79.9.